The third-order valence-electron chi connectivity index (χ3n) is 5.15. The molecule has 156 valence electrons. The maximum Gasteiger partial charge on any atom is 0.231 e. The Bertz CT molecular complexity index is 960. The third-order valence-corrected chi connectivity index (χ3v) is 5.15. The summed E-state index contributed by atoms with van der Waals surface area (Å²) < 4.78 is 16.7. The molecule has 0 radical (unpaired) electrons. The van der Waals surface area contributed by atoms with E-state index in [1.807, 2.05) is 54.6 Å². The van der Waals surface area contributed by atoms with Crippen molar-refractivity contribution in [1.82, 2.24) is 4.90 Å². The summed E-state index contributed by atoms with van der Waals surface area (Å²) in [7, 11) is 0. The van der Waals surface area contributed by atoms with Gasteiger partial charge in [-0.1, -0.05) is 48.5 Å². The smallest absolute Gasteiger partial charge is 0.231 e. The number of fused-ring (bicyclic) bond motifs is 1. The molecule has 3 aromatic rings. The first-order valence-electron chi connectivity index (χ1n) is 10.2. The molecule has 1 aliphatic rings. The standard InChI is InChI=1S/C25H27NO4/c1-19-7-5-6-8-21(19)15-26(14-20-11-12-24-25(13-20)30-18-29-24)16-22(27)17-28-23-9-3-2-4-10-23/h2-13,22,27H,14-18H2,1H3/t22-/m0/s1. The number of ether oxygens (including phenoxy) is 3. The van der Waals surface area contributed by atoms with Crippen LogP contribution in [0, 0.1) is 6.92 Å². The van der Waals surface area contributed by atoms with Crippen molar-refractivity contribution >= 4 is 0 Å². The molecule has 0 fully saturated rings. The number of para-hydroxylation sites is 1. The van der Waals surface area contributed by atoms with Gasteiger partial charge in [0.1, 0.15) is 18.5 Å². The molecule has 1 heterocycles. The molecule has 3 aromatic carbocycles. The topological polar surface area (TPSA) is 51.2 Å². The summed E-state index contributed by atoms with van der Waals surface area (Å²) in [6.45, 7) is 4.55. The molecule has 5 nitrogen and oxygen atoms in total. The predicted octanol–water partition coefficient (Wildman–Crippen LogP) is 4.17. The quantitative estimate of drug-likeness (QED) is 0.579. The Morgan fingerprint density at radius 2 is 1.70 bits per heavy atom. The molecule has 1 N–H and O–H groups in total. The molecule has 1 aliphatic heterocycles. The molecule has 0 bridgehead atoms. The van der Waals surface area contributed by atoms with Crippen molar-refractivity contribution < 1.29 is 19.3 Å². The van der Waals surface area contributed by atoms with E-state index >= 15 is 0 Å². The highest BCUT2D eigenvalue weighted by Crippen LogP contribution is 2.33. The molecule has 0 saturated heterocycles. The molecule has 4 rings (SSSR count). The molecule has 0 unspecified atom stereocenters. The van der Waals surface area contributed by atoms with Gasteiger partial charge in [-0.3, -0.25) is 4.90 Å². The van der Waals surface area contributed by atoms with E-state index in [-0.39, 0.29) is 13.4 Å². The molecule has 0 amide bonds. The second-order valence-electron chi connectivity index (χ2n) is 7.56. The van der Waals surface area contributed by atoms with Gasteiger partial charge in [0.25, 0.3) is 0 Å². The van der Waals surface area contributed by atoms with E-state index in [1.54, 1.807) is 0 Å². The van der Waals surface area contributed by atoms with Crippen LogP contribution in [0.25, 0.3) is 0 Å². The summed E-state index contributed by atoms with van der Waals surface area (Å²) in [6.07, 6.45) is -0.608. The molecule has 5 heteroatoms. The lowest BCUT2D eigenvalue weighted by Gasteiger charge is -2.26. The lowest BCUT2D eigenvalue weighted by molar-refractivity contribution is 0.0627. The first-order chi connectivity index (χ1) is 14.7. The molecule has 1 atom stereocenters. The Kier molecular flexibility index (Phi) is 6.52. The van der Waals surface area contributed by atoms with Gasteiger partial charge in [-0.05, 0) is 47.9 Å². The number of hydrogen-bond donors (Lipinski definition) is 1. The Hall–Kier alpha value is -3.02. The van der Waals surface area contributed by atoms with Crippen LogP contribution in [0.3, 0.4) is 0 Å². The van der Waals surface area contributed by atoms with Gasteiger partial charge in [0, 0.05) is 19.6 Å². The Morgan fingerprint density at radius 1 is 0.933 bits per heavy atom. The van der Waals surface area contributed by atoms with E-state index in [1.165, 1.54) is 11.1 Å². The van der Waals surface area contributed by atoms with Crippen molar-refractivity contribution in [3.8, 4) is 17.2 Å². The van der Waals surface area contributed by atoms with Crippen molar-refractivity contribution in [2.45, 2.75) is 26.1 Å². The van der Waals surface area contributed by atoms with Crippen LogP contribution in [0.4, 0.5) is 0 Å². The summed E-state index contributed by atoms with van der Waals surface area (Å²) in [5.74, 6) is 2.31. The van der Waals surface area contributed by atoms with E-state index in [9.17, 15) is 5.11 Å². The summed E-state index contributed by atoms with van der Waals surface area (Å²) in [5, 5.41) is 10.6. The number of benzene rings is 3. The summed E-state index contributed by atoms with van der Waals surface area (Å²) >= 11 is 0. The second kappa shape index (κ2) is 9.65. The molecule has 0 spiro atoms. The average molecular weight is 405 g/mol. The average Bonchev–Trinajstić information content (AvgIpc) is 3.22. The summed E-state index contributed by atoms with van der Waals surface area (Å²) in [4.78, 5) is 2.24. The highest BCUT2D eigenvalue weighted by Gasteiger charge is 2.18. The first-order valence-corrected chi connectivity index (χ1v) is 10.2. The van der Waals surface area contributed by atoms with Crippen LogP contribution in [0.2, 0.25) is 0 Å². The number of aliphatic hydroxyl groups excluding tert-OH is 1. The van der Waals surface area contributed by atoms with Gasteiger partial charge < -0.3 is 19.3 Å². The fourth-order valence-corrected chi connectivity index (χ4v) is 3.57. The largest absolute Gasteiger partial charge is 0.491 e. The first kappa shape index (κ1) is 20.3. The number of nitrogens with zero attached hydrogens (tertiary/aromatic N) is 1. The van der Waals surface area contributed by atoms with Crippen molar-refractivity contribution in [2.75, 3.05) is 19.9 Å². The van der Waals surface area contributed by atoms with Crippen LogP contribution >= 0.6 is 0 Å². The van der Waals surface area contributed by atoms with Gasteiger partial charge in [0.05, 0.1) is 0 Å². The lowest BCUT2D eigenvalue weighted by atomic mass is 10.1. The number of hydrogen-bond acceptors (Lipinski definition) is 5. The van der Waals surface area contributed by atoms with Crippen LogP contribution in [-0.4, -0.2) is 36.1 Å². The highest BCUT2D eigenvalue weighted by atomic mass is 16.7. The van der Waals surface area contributed by atoms with Crippen LogP contribution in [0.1, 0.15) is 16.7 Å². The van der Waals surface area contributed by atoms with Crippen molar-refractivity contribution in [2.24, 2.45) is 0 Å². The van der Waals surface area contributed by atoms with Gasteiger partial charge >= 0.3 is 0 Å². The summed E-state index contributed by atoms with van der Waals surface area (Å²) in [6, 6.07) is 23.9. The zero-order valence-electron chi connectivity index (χ0n) is 17.2. The highest BCUT2D eigenvalue weighted by molar-refractivity contribution is 5.44. The lowest BCUT2D eigenvalue weighted by Crippen LogP contribution is -2.35. The minimum atomic E-state index is -0.608. The molecule has 0 aromatic heterocycles. The fraction of sp³-hybridized carbons (Fsp3) is 0.280. The SMILES string of the molecule is Cc1ccccc1CN(Cc1ccc2c(c1)OCO2)C[C@H](O)COc1ccccc1. The zero-order chi connectivity index (χ0) is 20.8. The van der Waals surface area contributed by atoms with Gasteiger partial charge in [-0.25, -0.2) is 0 Å². The van der Waals surface area contributed by atoms with Crippen molar-refractivity contribution in [1.29, 1.82) is 0 Å². The van der Waals surface area contributed by atoms with E-state index in [0.29, 0.717) is 13.1 Å². The summed E-state index contributed by atoms with van der Waals surface area (Å²) in [5.41, 5.74) is 3.60. The van der Waals surface area contributed by atoms with Crippen LogP contribution < -0.4 is 14.2 Å². The minimum Gasteiger partial charge on any atom is -0.491 e. The van der Waals surface area contributed by atoms with Crippen molar-refractivity contribution in [3.05, 3.63) is 89.5 Å². The Morgan fingerprint density at radius 3 is 2.53 bits per heavy atom. The Labute approximate surface area is 177 Å². The second-order valence-corrected chi connectivity index (χ2v) is 7.56. The van der Waals surface area contributed by atoms with Crippen molar-refractivity contribution in [3.63, 3.8) is 0 Å². The van der Waals surface area contributed by atoms with Gasteiger partial charge in [-0.2, -0.15) is 0 Å². The van der Waals surface area contributed by atoms with Gasteiger partial charge in [0.15, 0.2) is 11.5 Å². The van der Waals surface area contributed by atoms with Crippen LogP contribution in [-0.2, 0) is 13.1 Å². The molecule has 0 aliphatic carbocycles. The van der Waals surface area contributed by atoms with E-state index in [4.69, 9.17) is 14.2 Å². The maximum atomic E-state index is 10.6. The normalized spacial score (nSPS) is 13.4. The van der Waals surface area contributed by atoms with E-state index < -0.39 is 6.10 Å². The molecule has 0 saturated carbocycles. The monoisotopic (exact) mass is 405 g/mol. The number of rotatable bonds is 9. The predicted molar refractivity (Wildman–Crippen MR) is 116 cm³/mol. The Balaban J connectivity index is 1.44. The molecule has 30 heavy (non-hydrogen) atoms. The zero-order valence-corrected chi connectivity index (χ0v) is 17.2. The third kappa shape index (κ3) is 5.32. The van der Waals surface area contributed by atoms with Gasteiger partial charge in [0.2, 0.25) is 6.79 Å². The molecular formula is C25H27NO4. The van der Waals surface area contributed by atoms with E-state index in [2.05, 4.69) is 30.0 Å². The maximum absolute atomic E-state index is 10.6. The van der Waals surface area contributed by atoms with Gasteiger partial charge in [-0.15, -0.1) is 0 Å². The molecular weight excluding hydrogens is 378 g/mol. The van der Waals surface area contributed by atoms with E-state index in [0.717, 1.165) is 29.4 Å². The van der Waals surface area contributed by atoms with Crippen LogP contribution in [0.15, 0.2) is 72.8 Å². The number of aryl methyl sites for hydroxylation is 1. The number of aliphatic hydroxyl groups is 1. The fourth-order valence-electron chi connectivity index (χ4n) is 3.57. The minimum absolute atomic E-state index is 0.245. The van der Waals surface area contributed by atoms with Crippen LogP contribution in [0.5, 0.6) is 17.2 Å².